The van der Waals surface area contributed by atoms with Crippen LogP contribution >= 0.6 is 11.5 Å². The van der Waals surface area contributed by atoms with Gasteiger partial charge >= 0.3 is 5.97 Å². The SMILES string of the molecule is Cc1nnsc1C(=O)Nc1cccc(C(=O)O)c1C. The maximum Gasteiger partial charge on any atom is 0.336 e. The summed E-state index contributed by atoms with van der Waals surface area (Å²) in [6, 6.07) is 4.74. The van der Waals surface area contributed by atoms with Crippen molar-refractivity contribution in [2.24, 2.45) is 0 Å². The van der Waals surface area contributed by atoms with Gasteiger partial charge in [-0.2, -0.15) is 0 Å². The molecule has 2 N–H and O–H groups in total. The van der Waals surface area contributed by atoms with Crippen LogP contribution in [0.15, 0.2) is 18.2 Å². The molecule has 2 aromatic rings. The van der Waals surface area contributed by atoms with E-state index in [0.29, 0.717) is 21.8 Å². The van der Waals surface area contributed by atoms with Gasteiger partial charge in [0.05, 0.1) is 11.3 Å². The summed E-state index contributed by atoms with van der Waals surface area (Å²) in [5.41, 5.74) is 1.70. The van der Waals surface area contributed by atoms with Crippen molar-refractivity contribution in [2.75, 3.05) is 5.32 Å². The maximum atomic E-state index is 12.0. The molecule has 0 fully saturated rings. The van der Waals surface area contributed by atoms with Crippen LogP contribution in [0.5, 0.6) is 0 Å². The Labute approximate surface area is 113 Å². The molecule has 0 aliphatic heterocycles. The molecular weight excluding hydrogens is 266 g/mol. The van der Waals surface area contributed by atoms with Gasteiger partial charge in [-0.15, -0.1) is 5.10 Å². The van der Waals surface area contributed by atoms with Crippen molar-refractivity contribution in [3.05, 3.63) is 39.9 Å². The van der Waals surface area contributed by atoms with Gasteiger partial charge in [-0.05, 0) is 43.1 Å². The number of amides is 1. The van der Waals surface area contributed by atoms with Crippen LogP contribution in [0, 0.1) is 13.8 Å². The largest absolute Gasteiger partial charge is 0.478 e. The number of rotatable bonds is 3. The minimum Gasteiger partial charge on any atom is -0.478 e. The highest BCUT2D eigenvalue weighted by Gasteiger charge is 2.16. The summed E-state index contributed by atoms with van der Waals surface area (Å²) in [4.78, 5) is 23.4. The van der Waals surface area contributed by atoms with Gasteiger partial charge in [0.15, 0.2) is 0 Å². The van der Waals surface area contributed by atoms with E-state index in [1.54, 1.807) is 26.0 Å². The van der Waals surface area contributed by atoms with Gasteiger partial charge in [0.25, 0.3) is 5.91 Å². The standard InChI is InChI=1S/C12H11N3O3S/c1-6-8(12(17)18)4-3-5-9(6)13-11(16)10-7(2)14-15-19-10/h3-5H,1-2H3,(H,13,16)(H,17,18). The first-order valence-corrected chi connectivity index (χ1v) is 6.21. The van der Waals surface area contributed by atoms with Crippen molar-refractivity contribution < 1.29 is 14.7 Å². The zero-order valence-electron chi connectivity index (χ0n) is 10.3. The van der Waals surface area contributed by atoms with E-state index in [9.17, 15) is 9.59 Å². The first-order valence-electron chi connectivity index (χ1n) is 5.44. The fraction of sp³-hybridized carbons (Fsp3) is 0.167. The first-order chi connectivity index (χ1) is 9.00. The Kier molecular flexibility index (Phi) is 3.57. The number of aromatic nitrogens is 2. The number of carboxylic acid groups (broad SMARTS) is 1. The van der Waals surface area contributed by atoms with Crippen LogP contribution in [0.25, 0.3) is 0 Å². The van der Waals surface area contributed by atoms with Crippen LogP contribution in [-0.2, 0) is 0 Å². The predicted molar refractivity (Wildman–Crippen MR) is 70.7 cm³/mol. The fourth-order valence-corrected chi connectivity index (χ4v) is 2.17. The number of hydrogen-bond acceptors (Lipinski definition) is 5. The molecule has 0 spiro atoms. The van der Waals surface area contributed by atoms with Crippen molar-refractivity contribution in [1.82, 2.24) is 9.59 Å². The lowest BCUT2D eigenvalue weighted by Crippen LogP contribution is -2.13. The highest BCUT2D eigenvalue weighted by Crippen LogP contribution is 2.20. The van der Waals surface area contributed by atoms with Crippen molar-refractivity contribution in [3.63, 3.8) is 0 Å². The average molecular weight is 277 g/mol. The van der Waals surface area contributed by atoms with Crippen LogP contribution in [0.2, 0.25) is 0 Å². The summed E-state index contributed by atoms with van der Waals surface area (Å²) in [6.07, 6.45) is 0. The predicted octanol–water partition coefficient (Wildman–Crippen LogP) is 2.11. The van der Waals surface area contributed by atoms with E-state index < -0.39 is 5.97 Å². The molecule has 0 unspecified atom stereocenters. The second kappa shape index (κ2) is 5.15. The van der Waals surface area contributed by atoms with E-state index in [0.717, 1.165) is 11.5 Å². The van der Waals surface area contributed by atoms with Gasteiger partial charge in [-0.3, -0.25) is 4.79 Å². The van der Waals surface area contributed by atoms with Gasteiger partial charge in [-0.25, -0.2) is 4.79 Å². The molecule has 0 saturated heterocycles. The molecule has 1 aromatic carbocycles. The lowest BCUT2D eigenvalue weighted by atomic mass is 10.1. The third-order valence-corrected chi connectivity index (χ3v) is 3.50. The van der Waals surface area contributed by atoms with Gasteiger partial charge in [0.1, 0.15) is 4.88 Å². The number of benzene rings is 1. The highest BCUT2D eigenvalue weighted by atomic mass is 32.1. The van der Waals surface area contributed by atoms with E-state index in [4.69, 9.17) is 5.11 Å². The molecule has 0 atom stereocenters. The van der Waals surface area contributed by atoms with Gasteiger partial charge in [-0.1, -0.05) is 10.6 Å². The molecule has 1 amide bonds. The number of carbonyl (C=O) groups excluding carboxylic acids is 1. The lowest BCUT2D eigenvalue weighted by molar-refractivity contribution is 0.0695. The number of aromatic carboxylic acids is 1. The number of carbonyl (C=O) groups is 2. The third-order valence-electron chi connectivity index (χ3n) is 2.67. The molecule has 6 nitrogen and oxygen atoms in total. The number of nitrogens with zero attached hydrogens (tertiary/aromatic N) is 2. The monoisotopic (exact) mass is 277 g/mol. The average Bonchev–Trinajstić information content (AvgIpc) is 2.77. The molecule has 19 heavy (non-hydrogen) atoms. The van der Waals surface area contributed by atoms with Gasteiger partial charge in [0, 0.05) is 5.69 Å². The Morgan fingerprint density at radius 2 is 2.05 bits per heavy atom. The summed E-state index contributed by atoms with van der Waals surface area (Å²) in [5.74, 6) is -1.36. The highest BCUT2D eigenvalue weighted by molar-refractivity contribution is 7.08. The fourth-order valence-electron chi connectivity index (χ4n) is 1.62. The number of aryl methyl sites for hydroxylation is 1. The Balaban J connectivity index is 2.30. The molecular formula is C12H11N3O3S. The quantitative estimate of drug-likeness (QED) is 0.896. The number of carboxylic acids is 1. The van der Waals surface area contributed by atoms with Gasteiger partial charge < -0.3 is 10.4 Å². The molecule has 0 bridgehead atoms. The summed E-state index contributed by atoms with van der Waals surface area (Å²) < 4.78 is 3.69. The third kappa shape index (κ3) is 2.60. The van der Waals surface area contributed by atoms with E-state index >= 15 is 0 Å². The number of nitrogens with one attached hydrogen (secondary N) is 1. The minimum absolute atomic E-state index is 0.164. The summed E-state index contributed by atoms with van der Waals surface area (Å²) in [5, 5.41) is 15.5. The molecule has 0 saturated carbocycles. The molecule has 1 aromatic heterocycles. The molecule has 1 heterocycles. The van der Waals surface area contributed by atoms with Crippen molar-refractivity contribution in [1.29, 1.82) is 0 Å². The zero-order valence-corrected chi connectivity index (χ0v) is 11.1. The molecule has 0 radical (unpaired) electrons. The van der Waals surface area contributed by atoms with Crippen molar-refractivity contribution >= 4 is 29.1 Å². The molecule has 0 aliphatic carbocycles. The molecule has 0 aliphatic rings. The van der Waals surface area contributed by atoms with Crippen LogP contribution in [0.4, 0.5) is 5.69 Å². The van der Waals surface area contributed by atoms with Crippen molar-refractivity contribution in [3.8, 4) is 0 Å². The Hall–Kier alpha value is -2.28. The van der Waals surface area contributed by atoms with Crippen LogP contribution in [0.1, 0.15) is 31.3 Å². The number of anilines is 1. The zero-order chi connectivity index (χ0) is 14.0. The Bertz CT molecular complexity index is 651. The molecule has 2 rings (SSSR count). The Morgan fingerprint density at radius 3 is 2.63 bits per heavy atom. The van der Waals surface area contributed by atoms with Gasteiger partial charge in [0.2, 0.25) is 0 Å². The lowest BCUT2D eigenvalue weighted by Gasteiger charge is -2.09. The summed E-state index contributed by atoms with van der Waals surface area (Å²) in [6.45, 7) is 3.34. The smallest absolute Gasteiger partial charge is 0.336 e. The molecule has 7 heteroatoms. The van der Waals surface area contributed by atoms with Crippen molar-refractivity contribution in [2.45, 2.75) is 13.8 Å². The summed E-state index contributed by atoms with van der Waals surface area (Å²) >= 11 is 1.00. The molecule has 98 valence electrons. The second-order valence-corrected chi connectivity index (χ2v) is 4.68. The van der Waals surface area contributed by atoms with Crippen LogP contribution in [-0.4, -0.2) is 26.6 Å². The van der Waals surface area contributed by atoms with Crippen LogP contribution in [0.3, 0.4) is 0 Å². The summed E-state index contributed by atoms with van der Waals surface area (Å²) in [7, 11) is 0. The van der Waals surface area contributed by atoms with E-state index in [-0.39, 0.29) is 11.5 Å². The normalized spacial score (nSPS) is 10.2. The van der Waals surface area contributed by atoms with E-state index in [1.165, 1.54) is 6.07 Å². The topological polar surface area (TPSA) is 92.2 Å². The van der Waals surface area contributed by atoms with E-state index in [2.05, 4.69) is 14.9 Å². The minimum atomic E-state index is -1.02. The maximum absolute atomic E-state index is 12.0. The Morgan fingerprint density at radius 1 is 1.32 bits per heavy atom. The first kappa shape index (κ1) is 13.2. The second-order valence-electron chi connectivity index (χ2n) is 3.92. The number of hydrogen-bond donors (Lipinski definition) is 2. The van der Waals surface area contributed by atoms with E-state index in [1.807, 2.05) is 0 Å². The van der Waals surface area contributed by atoms with Crippen LogP contribution < -0.4 is 5.32 Å².